The third kappa shape index (κ3) is 11.0. The Bertz CT molecular complexity index is 881. The van der Waals surface area contributed by atoms with Crippen LogP contribution in [0.25, 0.3) is 0 Å². The summed E-state index contributed by atoms with van der Waals surface area (Å²) in [6, 6.07) is 2.73. The number of carbonyl (C=O) groups excluding carboxylic acids is 1. The minimum absolute atomic E-state index is 0.00281. The van der Waals surface area contributed by atoms with Crippen molar-refractivity contribution in [2.75, 3.05) is 0 Å². The number of phenolic OH excluding ortho intramolecular Hbond substituents is 2. The fourth-order valence-corrected chi connectivity index (χ4v) is 3.32. The Kier molecular flexibility index (Phi) is 12.2. The van der Waals surface area contributed by atoms with Crippen LogP contribution >= 0.6 is 0 Å². The van der Waals surface area contributed by atoms with Crippen molar-refractivity contribution in [3.8, 4) is 17.2 Å². The molecule has 1 aromatic carbocycles. The van der Waals surface area contributed by atoms with E-state index in [4.69, 9.17) is 4.74 Å². The van der Waals surface area contributed by atoms with E-state index in [-0.39, 0.29) is 17.2 Å². The zero-order valence-electron chi connectivity index (χ0n) is 20.6. The van der Waals surface area contributed by atoms with Crippen molar-refractivity contribution in [1.82, 2.24) is 0 Å². The van der Waals surface area contributed by atoms with Gasteiger partial charge in [0.05, 0.1) is 0 Å². The number of allylic oxidation sites excluding steroid dienone is 8. The van der Waals surface area contributed by atoms with Crippen LogP contribution in [0.5, 0.6) is 17.2 Å². The van der Waals surface area contributed by atoms with Gasteiger partial charge in [-0.2, -0.15) is 0 Å². The Morgan fingerprint density at radius 1 is 0.750 bits per heavy atom. The molecule has 0 fully saturated rings. The topological polar surface area (TPSA) is 66.8 Å². The van der Waals surface area contributed by atoms with Crippen molar-refractivity contribution in [1.29, 1.82) is 0 Å². The number of hydrogen-bond acceptors (Lipinski definition) is 4. The van der Waals surface area contributed by atoms with E-state index in [1.807, 2.05) is 13.0 Å². The summed E-state index contributed by atoms with van der Waals surface area (Å²) in [6.07, 6.45) is 15.6. The summed E-state index contributed by atoms with van der Waals surface area (Å²) < 4.78 is 5.09. The van der Waals surface area contributed by atoms with Crippen LogP contribution in [0.3, 0.4) is 0 Å². The van der Waals surface area contributed by atoms with Crippen molar-refractivity contribution in [2.45, 2.75) is 86.5 Å². The van der Waals surface area contributed by atoms with Crippen LogP contribution in [0.15, 0.2) is 58.7 Å². The van der Waals surface area contributed by atoms with Gasteiger partial charge in [-0.15, -0.1) is 0 Å². The van der Waals surface area contributed by atoms with E-state index in [1.165, 1.54) is 41.3 Å². The van der Waals surface area contributed by atoms with Gasteiger partial charge in [-0.1, -0.05) is 46.6 Å². The van der Waals surface area contributed by atoms with Gasteiger partial charge in [0.15, 0.2) is 11.5 Å². The van der Waals surface area contributed by atoms with E-state index in [9.17, 15) is 15.0 Å². The number of esters is 1. The van der Waals surface area contributed by atoms with Crippen LogP contribution in [-0.4, -0.2) is 16.2 Å². The normalized spacial score (nSPS) is 12.6. The molecule has 0 aliphatic carbocycles. The monoisotopic (exact) mass is 440 g/mol. The molecule has 0 unspecified atom stereocenters. The fraction of sp³-hybridized carbons (Fsp3) is 0.464. The van der Waals surface area contributed by atoms with Gasteiger partial charge in [-0.3, -0.25) is 4.79 Å². The molecule has 0 spiro atoms. The number of ether oxygens (including phenoxy) is 1. The number of rotatable bonds is 12. The minimum Gasteiger partial charge on any atom is -0.508 e. The largest absolute Gasteiger partial charge is 0.508 e. The number of hydrogen-bond donors (Lipinski definition) is 2. The second-order valence-electron chi connectivity index (χ2n) is 8.76. The molecule has 0 heterocycles. The maximum Gasteiger partial charge on any atom is 0.308 e. The Hall–Kier alpha value is -2.75. The summed E-state index contributed by atoms with van der Waals surface area (Å²) in [7, 11) is 0. The van der Waals surface area contributed by atoms with Crippen molar-refractivity contribution in [3.63, 3.8) is 0 Å². The quantitative estimate of drug-likeness (QED) is 0.151. The van der Waals surface area contributed by atoms with Crippen LogP contribution in [-0.2, 0) is 11.2 Å². The number of aromatic hydroxyl groups is 2. The molecule has 32 heavy (non-hydrogen) atoms. The summed E-state index contributed by atoms with van der Waals surface area (Å²) >= 11 is 0. The second kappa shape index (κ2) is 14.3. The number of phenols is 2. The molecular formula is C28H40O4. The van der Waals surface area contributed by atoms with E-state index >= 15 is 0 Å². The average Bonchev–Trinajstić information content (AvgIpc) is 2.69. The molecule has 0 bridgehead atoms. The van der Waals surface area contributed by atoms with E-state index in [2.05, 4.69) is 45.9 Å². The molecule has 0 radical (unpaired) electrons. The first-order chi connectivity index (χ1) is 15.1. The predicted molar refractivity (Wildman–Crippen MR) is 133 cm³/mol. The molecule has 4 nitrogen and oxygen atoms in total. The lowest BCUT2D eigenvalue weighted by molar-refractivity contribution is -0.132. The molecule has 0 aliphatic heterocycles. The first kappa shape index (κ1) is 27.3. The van der Waals surface area contributed by atoms with Gasteiger partial charge >= 0.3 is 5.97 Å². The average molecular weight is 441 g/mol. The van der Waals surface area contributed by atoms with Crippen LogP contribution < -0.4 is 4.74 Å². The first-order valence-corrected chi connectivity index (χ1v) is 11.4. The first-order valence-electron chi connectivity index (χ1n) is 11.4. The van der Waals surface area contributed by atoms with Crippen molar-refractivity contribution >= 4 is 5.97 Å². The molecule has 0 amide bonds. The maximum absolute atomic E-state index is 11.3. The highest BCUT2D eigenvalue weighted by molar-refractivity contribution is 5.72. The molecule has 1 aromatic rings. The predicted octanol–water partition coefficient (Wildman–Crippen LogP) is 7.71. The van der Waals surface area contributed by atoms with Crippen LogP contribution in [0.1, 0.15) is 85.6 Å². The van der Waals surface area contributed by atoms with Gasteiger partial charge in [0, 0.05) is 12.5 Å². The van der Waals surface area contributed by atoms with Crippen LogP contribution in [0.4, 0.5) is 0 Å². The lowest BCUT2D eigenvalue weighted by atomic mass is 10.0. The molecule has 0 saturated carbocycles. The van der Waals surface area contributed by atoms with Gasteiger partial charge in [0.25, 0.3) is 0 Å². The molecule has 2 N–H and O–H groups in total. The Balaban J connectivity index is 2.54. The Labute approximate surface area is 194 Å². The zero-order chi connectivity index (χ0) is 24.1. The van der Waals surface area contributed by atoms with Crippen molar-refractivity contribution < 1.29 is 19.7 Å². The summed E-state index contributed by atoms with van der Waals surface area (Å²) in [4.78, 5) is 11.3. The lowest BCUT2D eigenvalue weighted by Crippen LogP contribution is -2.04. The van der Waals surface area contributed by atoms with E-state index in [0.717, 1.165) is 38.5 Å². The Morgan fingerprint density at radius 2 is 1.22 bits per heavy atom. The molecular weight excluding hydrogens is 400 g/mol. The highest BCUT2D eigenvalue weighted by Gasteiger charge is 2.15. The second-order valence-corrected chi connectivity index (χ2v) is 8.76. The summed E-state index contributed by atoms with van der Waals surface area (Å²) in [5.41, 5.74) is 5.83. The van der Waals surface area contributed by atoms with Crippen molar-refractivity contribution in [2.24, 2.45) is 0 Å². The summed E-state index contributed by atoms with van der Waals surface area (Å²) in [5, 5.41) is 20.1. The SMILES string of the molecule is CC(=O)Oc1c(O)ccc(O)c1C/C=C(/C)CC/C=C(\C)CC/C=C(\C)CCC=C(C)C. The zero-order valence-corrected chi connectivity index (χ0v) is 20.6. The van der Waals surface area contributed by atoms with Gasteiger partial charge in [-0.05, 0) is 91.7 Å². The third-order valence-electron chi connectivity index (χ3n) is 5.27. The summed E-state index contributed by atoms with van der Waals surface area (Å²) in [5.74, 6) is -0.658. The molecule has 4 heteroatoms. The highest BCUT2D eigenvalue weighted by Crippen LogP contribution is 2.37. The molecule has 176 valence electrons. The lowest BCUT2D eigenvalue weighted by Gasteiger charge is -2.11. The molecule has 0 aromatic heterocycles. The van der Waals surface area contributed by atoms with Crippen LogP contribution in [0, 0.1) is 0 Å². The van der Waals surface area contributed by atoms with Gasteiger partial charge in [0.1, 0.15) is 5.75 Å². The number of benzene rings is 1. The van der Waals surface area contributed by atoms with E-state index in [1.54, 1.807) is 0 Å². The summed E-state index contributed by atoms with van der Waals surface area (Å²) in [6.45, 7) is 12.0. The molecule has 0 saturated heterocycles. The highest BCUT2D eigenvalue weighted by atomic mass is 16.5. The Morgan fingerprint density at radius 3 is 1.72 bits per heavy atom. The number of carbonyl (C=O) groups is 1. The smallest absolute Gasteiger partial charge is 0.308 e. The standard InChI is InChI=1S/C28H40O4/c1-20(2)10-7-11-21(3)12-8-13-22(4)14-9-15-23(5)16-17-25-26(30)18-19-27(31)28(25)32-24(6)29/h10,12,14,16,18-19,30-31H,7-9,11,13,15,17H2,1-6H3/b21-12+,22-14+,23-16-. The third-order valence-corrected chi connectivity index (χ3v) is 5.27. The van der Waals surface area contributed by atoms with Gasteiger partial charge < -0.3 is 14.9 Å². The molecule has 0 aliphatic rings. The molecule has 1 rings (SSSR count). The van der Waals surface area contributed by atoms with E-state index in [0.29, 0.717) is 12.0 Å². The van der Waals surface area contributed by atoms with Crippen LogP contribution in [0.2, 0.25) is 0 Å². The molecule has 0 atom stereocenters. The fourth-order valence-electron chi connectivity index (χ4n) is 3.32. The minimum atomic E-state index is -0.536. The van der Waals surface area contributed by atoms with E-state index < -0.39 is 5.97 Å². The van der Waals surface area contributed by atoms with Gasteiger partial charge in [-0.25, -0.2) is 0 Å². The van der Waals surface area contributed by atoms with Gasteiger partial charge in [0.2, 0.25) is 0 Å². The maximum atomic E-state index is 11.3. The van der Waals surface area contributed by atoms with Crippen molar-refractivity contribution in [3.05, 3.63) is 64.3 Å².